The van der Waals surface area contributed by atoms with Crippen LogP contribution in [0.5, 0.6) is 0 Å². The lowest BCUT2D eigenvalue weighted by Gasteiger charge is -2.16. The highest BCUT2D eigenvalue weighted by molar-refractivity contribution is 6.07. The molecule has 0 aliphatic carbocycles. The summed E-state index contributed by atoms with van der Waals surface area (Å²) >= 11 is 0. The van der Waals surface area contributed by atoms with Crippen LogP contribution in [0, 0.1) is 21.7 Å². The van der Waals surface area contributed by atoms with E-state index in [0.717, 1.165) is 22.4 Å². The molecule has 0 N–H and O–H groups in total. The third-order valence-corrected chi connectivity index (χ3v) is 4.41. The van der Waals surface area contributed by atoms with E-state index >= 15 is 0 Å². The molecule has 2 heterocycles. The maximum Gasteiger partial charge on any atom is 0.271 e. The molecule has 1 aromatic heterocycles. The number of halogens is 2. The van der Waals surface area contributed by atoms with Crippen molar-refractivity contribution >= 4 is 17.3 Å². The highest BCUT2D eigenvalue weighted by Gasteiger charge is 2.28. The second-order valence-electron chi connectivity index (χ2n) is 6.05. The zero-order chi connectivity index (χ0) is 19.1. The first-order chi connectivity index (χ1) is 12.9. The zero-order valence-electron chi connectivity index (χ0n) is 13.8. The smallest absolute Gasteiger partial charge is 0.271 e. The Morgan fingerprint density at radius 1 is 1.15 bits per heavy atom. The number of anilines is 1. The number of benzene rings is 2. The van der Waals surface area contributed by atoms with Crippen LogP contribution in [0.15, 0.2) is 48.8 Å². The van der Waals surface area contributed by atoms with Crippen LogP contribution >= 0.6 is 0 Å². The molecule has 136 valence electrons. The van der Waals surface area contributed by atoms with Crippen LogP contribution in [0.4, 0.5) is 20.2 Å². The summed E-state index contributed by atoms with van der Waals surface area (Å²) in [6.07, 6.45) is 3.20. The lowest BCUT2D eigenvalue weighted by Crippen LogP contribution is -2.28. The zero-order valence-corrected chi connectivity index (χ0v) is 13.8. The van der Waals surface area contributed by atoms with E-state index in [1.54, 1.807) is 6.07 Å². The Hall–Kier alpha value is -3.62. The second-order valence-corrected chi connectivity index (χ2v) is 6.05. The number of rotatable bonds is 3. The topological polar surface area (TPSA) is 81.3 Å². The second kappa shape index (κ2) is 6.27. The number of non-ortho nitro benzene ring substituents is 1. The Kier molecular flexibility index (Phi) is 3.91. The Bertz CT molecular complexity index is 1080. The average molecular weight is 370 g/mol. The monoisotopic (exact) mass is 370 g/mol. The van der Waals surface area contributed by atoms with E-state index in [1.165, 1.54) is 35.5 Å². The summed E-state index contributed by atoms with van der Waals surface area (Å²) < 4.78 is 28.1. The molecule has 0 unspecified atom stereocenters. The van der Waals surface area contributed by atoms with Gasteiger partial charge < -0.3 is 4.90 Å². The van der Waals surface area contributed by atoms with E-state index < -0.39 is 22.5 Å². The van der Waals surface area contributed by atoms with Gasteiger partial charge in [-0.2, -0.15) is 5.10 Å². The lowest BCUT2D eigenvalue weighted by molar-refractivity contribution is -0.384. The van der Waals surface area contributed by atoms with E-state index in [-0.39, 0.29) is 16.9 Å². The summed E-state index contributed by atoms with van der Waals surface area (Å²) in [5, 5.41) is 15.0. The molecule has 0 atom stereocenters. The van der Waals surface area contributed by atoms with Gasteiger partial charge in [-0.15, -0.1) is 0 Å². The lowest BCUT2D eigenvalue weighted by atomic mass is 10.1. The molecule has 0 radical (unpaired) electrons. The maximum atomic E-state index is 13.9. The highest BCUT2D eigenvalue weighted by Crippen LogP contribution is 2.32. The number of fused-ring (bicyclic) bond motifs is 1. The van der Waals surface area contributed by atoms with Crippen molar-refractivity contribution in [1.82, 2.24) is 9.78 Å². The number of carbonyl (C=O) groups is 1. The molecule has 0 spiro atoms. The Morgan fingerprint density at radius 2 is 1.96 bits per heavy atom. The molecular weight excluding hydrogens is 358 g/mol. The van der Waals surface area contributed by atoms with Crippen LogP contribution in [0.1, 0.15) is 15.9 Å². The number of hydrogen-bond donors (Lipinski definition) is 0. The predicted molar refractivity (Wildman–Crippen MR) is 92.0 cm³/mol. The molecule has 1 aliphatic heterocycles. The van der Waals surface area contributed by atoms with Gasteiger partial charge in [-0.05, 0) is 24.1 Å². The van der Waals surface area contributed by atoms with E-state index in [4.69, 9.17) is 0 Å². The van der Waals surface area contributed by atoms with Gasteiger partial charge in [0.25, 0.3) is 11.6 Å². The molecule has 2 aromatic carbocycles. The maximum absolute atomic E-state index is 13.9. The molecule has 0 saturated carbocycles. The van der Waals surface area contributed by atoms with Gasteiger partial charge in [0.1, 0.15) is 11.5 Å². The summed E-state index contributed by atoms with van der Waals surface area (Å²) in [5.74, 6) is -1.92. The first-order valence-electron chi connectivity index (χ1n) is 8.03. The molecule has 7 nitrogen and oxygen atoms in total. The normalized spacial score (nSPS) is 12.9. The number of nitrogens with zero attached hydrogens (tertiary/aromatic N) is 4. The van der Waals surface area contributed by atoms with E-state index in [9.17, 15) is 23.7 Å². The first-order valence-corrected chi connectivity index (χ1v) is 8.03. The van der Waals surface area contributed by atoms with Crippen LogP contribution < -0.4 is 4.90 Å². The van der Waals surface area contributed by atoms with Crippen molar-refractivity contribution < 1.29 is 18.5 Å². The molecule has 1 aliphatic rings. The van der Waals surface area contributed by atoms with E-state index in [0.29, 0.717) is 18.7 Å². The van der Waals surface area contributed by atoms with Gasteiger partial charge in [-0.3, -0.25) is 14.9 Å². The van der Waals surface area contributed by atoms with Crippen LogP contribution in [0.3, 0.4) is 0 Å². The number of nitro groups is 1. The molecule has 27 heavy (non-hydrogen) atoms. The number of aromatic nitrogens is 2. The largest absolute Gasteiger partial charge is 0.307 e. The quantitative estimate of drug-likeness (QED) is 0.523. The molecular formula is C18H12F2N4O3. The Balaban J connectivity index is 1.65. The van der Waals surface area contributed by atoms with Crippen LogP contribution in [-0.4, -0.2) is 27.2 Å². The fourth-order valence-corrected chi connectivity index (χ4v) is 3.08. The van der Waals surface area contributed by atoms with Crippen molar-refractivity contribution in [2.75, 3.05) is 11.4 Å². The minimum atomic E-state index is -0.806. The van der Waals surface area contributed by atoms with E-state index in [1.807, 2.05) is 0 Å². The Morgan fingerprint density at radius 3 is 2.70 bits per heavy atom. The average Bonchev–Trinajstić information content (AvgIpc) is 3.27. The number of nitro benzene ring substituents is 1. The highest BCUT2D eigenvalue weighted by atomic mass is 19.1. The molecule has 0 saturated heterocycles. The molecule has 9 heteroatoms. The minimum absolute atomic E-state index is 0.00732. The van der Waals surface area contributed by atoms with Gasteiger partial charge >= 0.3 is 0 Å². The van der Waals surface area contributed by atoms with Crippen molar-refractivity contribution in [3.63, 3.8) is 0 Å². The molecule has 3 aromatic rings. The first kappa shape index (κ1) is 16.8. The fourth-order valence-electron chi connectivity index (χ4n) is 3.08. The van der Waals surface area contributed by atoms with Gasteiger partial charge in [-0.25, -0.2) is 13.5 Å². The minimum Gasteiger partial charge on any atom is -0.307 e. The van der Waals surface area contributed by atoms with E-state index in [2.05, 4.69) is 5.10 Å². The van der Waals surface area contributed by atoms with Gasteiger partial charge in [0, 0.05) is 30.9 Å². The van der Waals surface area contributed by atoms with Crippen molar-refractivity contribution in [1.29, 1.82) is 0 Å². The SMILES string of the molecule is O=C(c1cnn(-c2ccc(F)cc2F)c1)N1CCc2ccc([N+](=O)[O-])cc21. The standard InChI is InChI=1S/C18H12F2N4O3/c19-13-2-4-16(15(20)7-13)23-10-12(9-21-23)18(25)22-6-5-11-1-3-14(24(26)27)8-17(11)22/h1-4,7-10H,5-6H2. The molecule has 0 bridgehead atoms. The molecule has 0 fully saturated rings. The van der Waals surface area contributed by atoms with Crippen molar-refractivity contribution in [3.8, 4) is 5.69 Å². The van der Waals surface area contributed by atoms with Crippen molar-refractivity contribution in [2.45, 2.75) is 6.42 Å². The summed E-state index contributed by atoms with van der Waals surface area (Å²) in [5.41, 5.74) is 1.42. The fraction of sp³-hybridized carbons (Fsp3) is 0.111. The third kappa shape index (κ3) is 2.92. The number of hydrogen-bond acceptors (Lipinski definition) is 4. The van der Waals surface area contributed by atoms with Gasteiger partial charge in [0.15, 0.2) is 5.82 Å². The number of carbonyl (C=O) groups excluding carboxylic acids is 1. The summed E-state index contributed by atoms with van der Waals surface area (Å²) in [6.45, 7) is 0.380. The summed E-state index contributed by atoms with van der Waals surface area (Å²) in [7, 11) is 0. The molecule has 4 rings (SSSR count). The third-order valence-electron chi connectivity index (χ3n) is 4.41. The van der Waals surface area contributed by atoms with Gasteiger partial charge in [0.2, 0.25) is 0 Å². The van der Waals surface area contributed by atoms with Crippen molar-refractivity contribution in [2.24, 2.45) is 0 Å². The number of amides is 1. The summed E-state index contributed by atoms with van der Waals surface area (Å²) in [4.78, 5) is 24.7. The van der Waals surface area contributed by atoms with Crippen LogP contribution in [0.2, 0.25) is 0 Å². The van der Waals surface area contributed by atoms with Crippen molar-refractivity contribution in [3.05, 3.63) is 81.7 Å². The van der Waals surface area contributed by atoms with Gasteiger partial charge in [-0.1, -0.05) is 6.07 Å². The van der Waals surface area contributed by atoms with Crippen LogP contribution in [0.25, 0.3) is 5.69 Å². The van der Waals surface area contributed by atoms with Gasteiger partial charge in [0.05, 0.1) is 22.4 Å². The summed E-state index contributed by atoms with van der Waals surface area (Å²) in [6, 6.07) is 7.46. The Labute approximate surface area is 151 Å². The molecule has 1 amide bonds. The predicted octanol–water partition coefficient (Wildman–Crippen LogP) is 3.26. The van der Waals surface area contributed by atoms with Crippen LogP contribution in [-0.2, 0) is 6.42 Å².